The zero-order valence-electron chi connectivity index (χ0n) is 11.0. The van der Waals surface area contributed by atoms with E-state index in [0.29, 0.717) is 5.75 Å². The normalized spacial score (nSPS) is 14.0. The SMILES string of the molecule is COc1ccc(C)cc1C(C)(O)c1ccccc1. The molecular formula is C16H18O2. The molecule has 0 fully saturated rings. The maximum atomic E-state index is 10.8. The van der Waals surface area contributed by atoms with Gasteiger partial charge in [0.05, 0.1) is 7.11 Å². The number of hydrogen-bond donors (Lipinski definition) is 1. The van der Waals surface area contributed by atoms with Crippen LogP contribution in [0.2, 0.25) is 0 Å². The van der Waals surface area contributed by atoms with Gasteiger partial charge in [0.15, 0.2) is 0 Å². The first-order valence-electron chi connectivity index (χ1n) is 5.98. The molecule has 0 aliphatic rings. The van der Waals surface area contributed by atoms with Crippen LogP contribution in [0.1, 0.15) is 23.6 Å². The molecule has 2 aromatic rings. The highest BCUT2D eigenvalue weighted by Gasteiger charge is 2.28. The quantitative estimate of drug-likeness (QED) is 0.895. The zero-order chi connectivity index (χ0) is 13.2. The van der Waals surface area contributed by atoms with Crippen LogP contribution in [0.5, 0.6) is 5.75 Å². The molecular weight excluding hydrogens is 224 g/mol. The molecule has 2 heteroatoms. The van der Waals surface area contributed by atoms with E-state index in [1.807, 2.05) is 55.5 Å². The van der Waals surface area contributed by atoms with E-state index in [0.717, 1.165) is 16.7 Å². The molecule has 0 radical (unpaired) electrons. The first-order chi connectivity index (χ1) is 8.55. The third-order valence-corrected chi connectivity index (χ3v) is 3.22. The summed E-state index contributed by atoms with van der Waals surface area (Å²) in [5, 5.41) is 10.8. The number of methoxy groups -OCH3 is 1. The van der Waals surface area contributed by atoms with Crippen molar-refractivity contribution in [2.45, 2.75) is 19.4 Å². The third kappa shape index (κ3) is 2.24. The Morgan fingerprint density at radius 3 is 2.33 bits per heavy atom. The number of aliphatic hydroxyl groups is 1. The Bertz CT molecular complexity index is 530. The molecule has 2 rings (SSSR count). The van der Waals surface area contributed by atoms with Crippen molar-refractivity contribution in [3.05, 3.63) is 65.2 Å². The molecule has 2 aromatic carbocycles. The summed E-state index contributed by atoms with van der Waals surface area (Å²) in [7, 11) is 1.62. The molecule has 0 aliphatic carbocycles. The van der Waals surface area contributed by atoms with Crippen molar-refractivity contribution < 1.29 is 9.84 Å². The topological polar surface area (TPSA) is 29.5 Å². The number of ether oxygens (including phenoxy) is 1. The fourth-order valence-electron chi connectivity index (χ4n) is 2.12. The lowest BCUT2D eigenvalue weighted by Crippen LogP contribution is -2.23. The Balaban J connectivity index is 2.56. The predicted octanol–water partition coefficient (Wildman–Crippen LogP) is 3.26. The molecule has 0 saturated heterocycles. The van der Waals surface area contributed by atoms with E-state index in [1.165, 1.54) is 0 Å². The average molecular weight is 242 g/mol. The van der Waals surface area contributed by atoms with Gasteiger partial charge in [0, 0.05) is 5.56 Å². The standard InChI is InChI=1S/C16H18O2/c1-12-9-10-15(18-3)14(11-12)16(2,17)13-7-5-4-6-8-13/h4-11,17H,1-3H3. The van der Waals surface area contributed by atoms with Gasteiger partial charge in [0.2, 0.25) is 0 Å². The van der Waals surface area contributed by atoms with Gasteiger partial charge in [-0.1, -0.05) is 42.0 Å². The highest BCUT2D eigenvalue weighted by Crippen LogP contribution is 2.35. The van der Waals surface area contributed by atoms with Crippen LogP contribution in [0, 0.1) is 6.92 Å². The fraction of sp³-hybridized carbons (Fsp3) is 0.250. The largest absolute Gasteiger partial charge is 0.496 e. The molecule has 0 bridgehead atoms. The Morgan fingerprint density at radius 1 is 1.06 bits per heavy atom. The van der Waals surface area contributed by atoms with Gasteiger partial charge in [0.25, 0.3) is 0 Å². The van der Waals surface area contributed by atoms with Crippen LogP contribution in [-0.4, -0.2) is 12.2 Å². The molecule has 18 heavy (non-hydrogen) atoms. The van der Waals surface area contributed by atoms with Gasteiger partial charge in [-0.25, -0.2) is 0 Å². The predicted molar refractivity (Wildman–Crippen MR) is 72.8 cm³/mol. The van der Waals surface area contributed by atoms with Gasteiger partial charge >= 0.3 is 0 Å². The second-order valence-electron chi connectivity index (χ2n) is 4.64. The highest BCUT2D eigenvalue weighted by atomic mass is 16.5. The van der Waals surface area contributed by atoms with Crippen molar-refractivity contribution in [3.63, 3.8) is 0 Å². The van der Waals surface area contributed by atoms with Crippen molar-refractivity contribution in [2.24, 2.45) is 0 Å². The van der Waals surface area contributed by atoms with Crippen LogP contribution in [0.15, 0.2) is 48.5 Å². The molecule has 0 spiro atoms. The summed E-state index contributed by atoms with van der Waals surface area (Å²) in [6.07, 6.45) is 0. The van der Waals surface area contributed by atoms with Crippen LogP contribution < -0.4 is 4.74 Å². The highest BCUT2D eigenvalue weighted by molar-refractivity contribution is 5.45. The van der Waals surface area contributed by atoms with Gasteiger partial charge in [-0.15, -0.1) is 0 Å². The lowest BCUT2D eigenvalue weighted by Gasteiger charge is -2.26. The van der Waals surface area contributed by atoms with Crippen molar-refractivity contribution in [1.29, 1.82) is 0 Å². The monoisotopic (exact) mass is 242 g/mol. The molecule has 0 amide bonds. The minimum absolute atomic E-state index is 0.703. The van der Waals surface area contributed by atoms with Gasteiger partial charge in [-0.2, -0.15) is 0 Å². The Kier molecular flexibility index (Phi) is 3.39. The molecule has 94 valence electrons. The summed E-state index contributed by atoms with van der Waals surface area (Å²) in [5.74, 6) is 0.703. The molecule has 0 aromatic heterocycles. The number of rotatable bonds is 3. The fourth-order valence-corrected chi connectivity index (χ4v) is 2.12. The van der Waals surface area contributed by atoms with Crippen LogP contribution in [0.3, 0.4) is 0 Å². The lowest BCUT2D eigenvalue weighted by molar-refractivity contribution is 0.0989. The molecule has 1 atom stereocenters. The first kappa shape index (κ1) is 12.7. The van der Waals surface area contributed by atoms with E-state index in [4.69, 9.17) is 4.74 Å². The zero-order valence-corrected chi connectivity index (χ0v) is 11.0. The van der Waals surface area contributed by atoms with E-state index in [9.17, 15) is 5.11 Å². The number of aryl methyl sites for hydroxylation is 1. The third-order valence-electron chi connectivity index (χ3n) is 3.22. The summed E-state index contributed by atoms with van der Waals surface area (Å²) < 4.78 is 5.35. The first-order valence-corrected chi connectivity index (χ1v) is 5.98. The summed E-state index contributed by atoms with van der Waals surface area (Å²) in [6, 6.07) is 15.5. The second kappa shape index (κ2) is 4.83. The molecule has 0 aliphatic heterocycles. The van der Waals surface area contributed by atoms with Crippen LogP contribution in [0.25, 0.3) is 0 Å². The smallest absolute Gasteiger partial charge is 0.125 e. The number of hydrogen-bond acceptors (Lipinski definition) is 2. The van der Waals surface area contributed by atoms with E-state index in [1.54, 1.807) is 14.0 Å². The Labute approximate surface area is 108 Å². The van der Waals surface area contributed by atoms with E-state index in [-0.39, 0.29) is 0 Å². The Hall–Kier alpha value is -1.80. The van der Waals surface area contributed by atoms with Crippen molar-refractivity contribution in [3.8, 4) is 5.75 Å². The van der Waals surface area contributed by atoms with Crippen molar-refractivity contribution >= 4 is 0 Å². The second-order valence-corrected chi connectivity index (χ2v) is 4.64. The van der Waals surface area contributed by atoms with Gasteiger partial charge < -0.3 is 9.84 Å². The van der Waals surface area contributed by atoms with Crippen molar-refractivity contribution in [1.82, 2.24) is 0 Å². The maximum absolute atomic E-state index is 10.8. The summed E-state index contributed by atoms with van der Waals surface area (Å²) in [6.45, 7) is 3.80. The summed E-state index contributed by atoms with van der Waals surface area (Å²) >= 11 is 0. The maximum Gasteiger partial charge on any atom is 0.125 e. The van der Waals surface area contributed by atoms with E-state index < -0.39 is 5.60 Å². The number of benzene rings is 2. The van der Waals surface area contributed by atoms with E-state index in [2.05, 4.69) is 0 Å². The average Bonchev–Trinajstić information content (AvgIpc) is 2.39. The minimum atomic E-state index is -1.06. The van der Waals surface area contributed by atoms with Crippen LogP contribution in [-0.2, 0) is 5.60 Å². The van der Waals surface area contributed by atoms with E-state index >= 15 is 0 Å². The van der Waals surface area contributed by atoms with Crippen LogP contribution >= 0.6 is 0 Å². The van der Waals surface area contributed by atoms with Gasteiger partial charge in [-0.05, 0) is 31.5 Å². The summed E-state index contributed by atoms with van der Waals surface area (Å²) in [4.78, 5) is 0. The molecule has 0 saturated carbocycles. The molecule has 0 heterocycles. The van der Waals surface area contributed by atoms with Crippen LogP contribution in [0.4, 0.5) is 0 Å². The van der Waals surface area contributed by atoms with Gasteiger partial charge in [0.1, 0.15) is 11.4 Å². The van der Waals surface area contributed by atoms with Crippen molar-refractivity contribution in [2.75, 3.05) is 7.11 Å². The molecule has 2 nitrogen and oxygen atoms in total. The van der Waals surface area contributed by atoms with Gasteiger partial charge in [-0.3, -0.25) is 0 Å². The lowest BCUT2D eigenvalue weighted by atomic mass is 9.87. The molecule has 1 unspecified atom stereocenters. The molecule has 1 N–H and O–H groups in total. The summed E-state index contributed by atoms with van der Waals surface area (Å²) in [5.41, 5.74) is 1.69. The minimum Gasteiger partial charge on any atom is -0.496 e. The Morgan fingerprint density at radius 2 is 1.72 bits per heavy atom.